The molecule has 0 aliphatic carbocycles. The highest BCUT2D eigenvalue weighted by atomic mass is 32.2. The van der Waals surface area contributed by atoms with Gasteiger partial charge in [0.2, 0.25) is 0 Å². The number of piperidine rings is 1. The van der Waals surface area contributed by atoms with Gasteiger partial charge >= 0.3 is 0 Å². The highest BCUT2D eigenvalue weighted by molar-refractivity contribution is 7.99. The van der Waals surface area contributed by atoms with E-state index in [0.29, 0.717) is 6.04 Å². The monoisotopic (exact) mass is 250 g/mol. The van der Waals surface area contributed by atoms with Crippen molar-refractivity contribution in [1.29, 1.82) is 0 Å². The largest absolute Gasteiger partial charge is 0.328 e. The van der Waals surface area contributed by atoms with Gasteiger partial charge in [0.15, 0.2) is 0 Å². The summed E-state index contributed by atoms with van der Waals surface area (Å²) in [6.45, 7) is 5.55. The van der Waals surface area contributed by atoms with E-state index in [0.717, 1.165) is 38.2 Å². The van der Waals surface area contributed by atoms with Crippen LogP contribution in [0.25, 0.3) is 0 Å². The van der Waals surface area contributed by atoms with Crippen LogP contribution < -0.4 is 5.73 Å². The molecule has 0 radical (unpaired) electrons. The van der Waals surface area contributed by atoms with Crippen LogP contribution >= 0.6 is 11.8 Å². The molecule has 0 spiro atoms. The third-order valence-electron chi connectivity index (χ3n) is 3.27. The average molecular weight is 250 g/mol. The summed E-state index contributed by atoms with van der Waals surface area (Å²) in [5.74, 6) is 1.14. The lowest BCUT2D eigenvalue weighted by Crippen LogP contribution is -2.39. The molecular weight excluding hydrogens is 228 g/mol. The molecule has 2 rings (SSSR count). The van der Waals surface area contributed by atoms with Crippen molar-refractivity contribution in [3.8, 4) is 0 Å². The summed E-state index contributed by atoms with van der Waals surface area (Å²) in [4.78, 5) is 3.88. The van der Waals surface area contributed by atoms with Crippen LogP contribution in [0.15, 0.2) is 29.2 Å². The number of thioether (sulfide) groups is 1. The van der Waals surface area contributed by atoms with Gasteiger partial charge in [-0.15, -0.1) is 11.8 Å². The predicted molar refractivity (Wildman–Crippen MR) is 75.3 cm³/mol. The normalized spacial score (nSPS) is 18.5. The second-order valence-corrected chi connectivity index (χ2v) is 6.03. The van der Waals surface area contributed by atoms with Gasteiger partial charge in [-0.2, -0.15) is 0 Å². The zero-order valence-electron chi connectivity index (χ0n) is 10.6. The zero-order valence-corrected chi connectivity index (χ0v) is 11.4. The Labute approximate surface area is 109 Å². The van der Waals surface area contributed by atoms with E-state index in [1.165, 1.54) is 10.5 Å². The van der Waals surface area contributed by atoms with Crippen LogP contribution in [0, 0.1) is 0 Å². The summed E-state index contributed by atoms with van der Waals surface area (Å²) >= 11 is 1.90. The van der Waals surface area contributed by atoms with Crippen molar-refractivity contribution in [2.24, 2.45) is 5.73 Å². The molecule has 17 heavy (non-hydrogen) atoms. The van der Waals surface area contributed by atoms with Gasteiger partial charge in [-0.3, -0.25) is 4.90 Å². The lowest BCUT2D eigenvalue weighted by atomic mass is 10.1. The molecule has 0 saturated carbocycles. The van der Waals surface area contributed by atoms with Gasteiger partial charge in [0, 0.05) is 17.5 Å². The third-order valence-corrected chi connectivity index (χ3v) is 4.17. The first kappa shape index (κ1) is 12.9. The topological polar surface area (TPSA) is 29.3 Å². The smallest absolute Gasteiger partial charge is 0.0233 e. The summed E-state index contributed by atoms with van der Waals surface area (Å²) in [5, 5.41) is 0. The first-order valence-electron chi connectivity index (χ1n) is 6.47. The van der Waals surface area contributed by atoms with Crippen LogP contribution in [0.1, 0.15) is 25.3 Å². The summed E-state index contributed by atoms with van der Waals surface area (Å²) in [5.41, 5.74) is 7.33. The second-order valence-electron chi connectivity index (χ2n) is 4.69. The quantitative estimate of drug-likeness (QED) is 0.833. The van der Waals surface area contributed by atoms with Crippen molar-refractivity contribution < 1.29 is 0 Å². The molecule has 2 nitrogen and oxygen atoms in total. The Kier molecular flexibility index (Phi) is 4.89. The maximum absolute atomic E-state index is 5.91. The van der Waals surface area contributed by atoms with Gasteiger partial charge in [-0.1, -0.05) is 19.1 Å². The molecule has 1 aliphatic rings. The highest BCUT2D eigenvalue weighted by Crippen LogP contribution is 2.19. The standard InChI is InChI=1S/C14H22N2S/c1-2-17-14-5-3-12(4-6-14)11-16-9-7-13(15)8-10-16/h3-6,13H,2,7-11,15H2,1H3. The Bertz CT molecular complexity index is 329. The van der Waals surface area contributed by atoms with E-state index in [1.54, 1.807) is 0 Å². The zero-order chi connectivity index (χ0) is 12.1. The Balaban J connectivity index is 1.86. The summed E-state index contributed by atoms with van der Waals surface area (Å²) in [6.07, 6.45) is 2.29. The lowest BCUT2D eigenvalue weighted by molar-refractivity contribution is 0.205. The number of rotatable bonds is 4. The van der Waals surface area contributed by atoms with Crippen molar-refractivity contribution in [3.63, 3.8) is 0 Å². The highest BCUT2D eigenvalue weighted by Gasteiger charge is 2.15. The van der Waals surface area contributed by atoms with E-state index < -0.39 is 0 Å². The Hall–Kier alpha value is -0.510. The predicted octanol–water partition coefficient (Wildman–Crippen LogP) is 2.72. The number of likely N-dealkylation sites (tertiary alicyclic amines) is 1. The van der Waals surface area contributed by atoms with Crippen molar-refractivity contribution in [1.82, 2.24) is 4.90 Å². The van der Waals surface area contributed by atoms with Crippen molar-refractivity contribution >= 4 is 11.8 Å². The average Bonchev–Trinajstić information content (AvgIpc) is 2.35. The van der Waals surface area contributed by atoms with E-state index in [-0.39, 0.29) is 0 Å². The maximum atomic E-state index is 5.91. The van der Waals surface area contributed by atoms with Gasteiger partial charge in [0.25, 0.3) is 0 Å². The minimum Gasteiger partial charge on any atom is -0.328 e. The van der Waals surface area contributed by atoms with E-state index >= 15 is 0 Å². The van der Waals surface area contributed by atoms with E-state index in [2.05, 4.69) is 36.1 Å². The molecule has 1 aromatic rings. The molecular formula is C14H22N2S. The summed E-state index contributed by atoms with van der Waals surface area (Å²) in [6, 6.07) is 9.41. The lowest BCUT2D eigenvalue weighted by Gasteiger charge is -2.30. The minimum atomic E-state index is 0.426. The van der Waals surface area contributed by atoms with E-state index in [4.69, 9.17) is 5.73 Å². The van der Waals surface area contributed by atoms with Crippen molar-refractivity contribution in [2.75, 3.05) is 18.8 Å². The van der Waals surface area contributed by atoms with Crippen LogP contribution in [0.2, 0.25) is 0 Å². The number of nitrogens with zero attached hydrogens (tertiary/aromatic N) is 1. The maximum Gasteiger partial charge on any atom is 0.0233 e. The number of nitrogens with two attached hydrogens (primary N) is 1. The molecule has 1 fully saturated rings. The Morgan fingerprint density at radius 1 is 1.24 bits per heavy atom. The number of hydrogen-bond donors (Lipinski definition) is 1. The Morgan fingerprint density at radius 3 is 2.47 bits per heavy atom. The van der Waals surface area contributed by atoms with Crippen molar-refractivity contribution in [2.45, 2.75) is 37.2 Å². The first-order valence-corrected chi connectivity index (χ1v) is 7.46. The van der Waals surface area contributed by atoms with Gasteiger partial charge in [-0.05, 0) is 49.4 Å². The molecule has 0 aromatic heterocycles. The van der Waals surface area contributed by atoms with Crippen LogP contribution in [0.5, 0.6) is 0 Å². The van der Waals surface area contributed by atoms with Gasteiger partial charge < -0.3 is 5.73 Å². The van der Waals surface area contributed by atoms with Crippen molar-refractivity contribution in [3.05, 3.63) is 29.8 Å². The molecule has 0 amide bonds. The Morgan fingerprint density at radius 2 is 1.88 bits per heavy atom. The molecule has 2 N–H and O–H groups in total. The molecule has 0 unspecified atom stereocenters. The summed E-state index contributed by atoms with van der Waals surface area (Å²) in [7, 11) is 0. The SMILES string of the molecule is CCSc1ccc(CN2CCC(N)CC2)cc1. The molecule has 1 saturated heterocycles. The molecule has 0 atom stereocenters. The van der Waals surface area contributed by atoms with Gasteiger partial charge in [-0.25, -0.2) is 0 Å². The van der Waals surface area contributed by atoms with Crippen LogP contribution in [-0.4, -0.2) is 29.8 Å². The van der Waals surface area contributed by atoms with Crippen LogP contribution in [0.4, 0.5) is 0 Å². The molecule has 1 aromatic carbocycles. The minimum absolute atomic E-state index is 0.426. The van der Waals surface area contributed by atoms with E-state index in [1.807, 2.05) is 11.8 Å². The first-order chi connectivity index (χ1) is 8.28. The molecule has 0 bridgehead atoms. The molecule has 1 aliphatic heterocycles. The molecule has 1 heterocycles. The fourth-order valence-corrected chi connectivity index (χ4v) is 2.89. The van der Waals surface area contributed by atoms with E-state index in [9.17, 15) is 0 Å². The second kappa shape index (κ2) is 6.43. The number of benzene rings is 1. The van der Waals surface area contributed by atoms with Gasteiger partial charge in [0.1, 0.15) is 0 Å². The fraction of sp³-hybridized carbons (Fsp3) is 0.571. The van der Waals surface area contributed by atoms with Crippen LogP contribution in [0.3, 0.4) is 0 Å². The third kappa shape index (κ3) is 4.02. The fourth-order valence-electron chi connectivity index (χ4n) is 2.23. The van der Waals surface area contributed by atoms with Crippen LogP contribution in [-0.2, 0) is 6.54 Å². The number of hydrogen-bond acceptors (Lipinski definition) is 3. The molecule has 3 heteroatoms. The molecule has 94 valence electrons. The summed E-state index contributed by atoms with van der Waals surface area (Å²) < 4.78 is 0. The van der Waals surface area contributed by atoms with Gasteiger partial charge in [0.05, 0.1) is 0 Å².